The lowest BCUT2D eigenvalue weighted by molar-refractivity contribution is -0.117. The summed E-state index contributed by atoms with van der Waals surface area (Å²) in [5.74, 6) is 0.0635. The van der Waals surface area contributed by atoms with Crippen LogP contribution in [0.2, 0.25) is 0 Å². The van der Waals surface area contributed by atoms with Crippen LogP contribution >= 0.6 is 0 Å². The number of hydrogen-bond acceptors (Lipinski definition) is 6. The van der Waals surface area contributed by atoms with Crippen LogP contribution in [0.3, 0.4) is 0 Å². The average Bonchev–Trinajstić information content (AvgIpc) is 3.16. The number of hydrogen-bond donors (Lipinski definition) is 1. The van der Waals surface area contributed by atoms with Crippen molar-refractivity contribution in [1.29, 1.82) is 5.26 Å². The standard InChI is InChI=1S/C26H21N3O5/c1-32-22-13-17(12-21-25(30)28-29(26(21)31)20-10-4-3-5-11-20)14-23(33-2)24(22)34-16-19-9-7-6-8-18(19)15-27/h3-14H,16H2,1-2H3,(H,28,30)/b21-12-. The Morgan fingerprint density at radius 1 is 0.971 bits per heavy atom. The molecule has 0 unspecified atom stereocenters. The van der Waals surface area contributed by atoms with Crippen molar-refractivity contribution >= 4 is 23.6 Å². The summed E-state index contributed by atoms with van der Waals surface area (Å²) in [6.07, 6.45) is 1.47. The number of para-hydroxylation sites is 1. The highest BCUT2D eigenvalue weighted by Crippen LogP contribution is 2.40. The molecular formula is C26H21N3O5. The maximum Gasteiger partial charge on any atom is 0.282 e. The van der Waals surface area contributed by atoms with Gasteiger partial charge >= 0.3 is 0 Å². The van der Waals surface area contributed by atoms with E-state index < -0.39 is 11.8 Å². The average molecular weight is 455 g/mol. The predicted molar refractivity (Wildman–Crippen MR) is 125 cm³/mol. The van der Waals surface area contributed by atoms with Crippen molar-refractivity contribution in [1.82, 2.24) is 5.43 Å². The highest BCUT2D eigenvalue weighted by molar-refractivity contribution is 6.31. The molecule has 8 nitrogen and oxygen atoms in total. The van der Waals surface area contributed by atoms with E-state index in [1.807, 2.05) is 12.1 Å². The molecule has 1 aliphatic heterocycles. The van der Waals surface area contributed by atoms with Crippen LogP contribution in [0.1, 0.15) is 16.7 Å². The van der Waals surface area contributed by atoms with Crippen LogP contribution in [-0.4, -0.2) is 26.0 Å². The van der Waals surface area contributed by atoms with Crippen molar-refractivity contribution in [2.45, 2.75) is 6.61 Å². The number of rotatable bonds is 7. The second-order valence-electron chi connectivity index (χ2n) is 7.29. The predicted octanol–water partition coefficient (Wildman–Crippen LogP) is 3.62. The topological polar surface area (TPSA) is 101 Å². The van der Waals surface area contributed by atoms with Crippen LogP contribution in [0.25, 0.3) is 6.08 Å². The third-order valence-corrected chi connectivity index (χ3v) is 5.21. The largest absolute Gasteiger partial charge is 0.493 e. The minimum Gasteiger partial charge on any atom is -0.493 e. The molecule has 8 heteroatoms. The van der Waals surface area contributed by atoms with Crippen LogP contribution in [0.5, 0.6) is 17.2 Å². The summed E-state index contributed by atoms with van der Waals surface area (Å²) in [6, 6.07) is 21.4. The smallest absolute Gasteiger partial charge is 0.282 e. The number of benzene rings is 3. The second kappa shape index (κ2) is 9.79. The van der Waals surface area contributed by atoms with E-state index in [0.717, 1.165) is 5.56 Å². The number of ether oxygens (including phenoxy) is 3. The Morgan fingerprint density at radius 3 is 2.26 bits per heavy atom. The maximum absolute atomic E-state index is 12.9. The number of nitrogens with one attached hydrogen (secondary N) is 1. The first-order valence-corrected chi connectivity index (χ1v) is 10.3. The first-order valence-electron chi connectivity index (χ1n) is 10.3. The molecule has 2 amide bonds. The quantitative estimate of drug-likeness (QED) is 0.431. The van der Waals surface area contributed by atoms with Crippen molar-refractivity contribution in [3.8, 4) is 23.3 Å². The molecule has 1 fully saturated rings. The summed E-state index contributed by atoms with van der Waals surface area (Å²) >= 11 is 0. The van der Waals surface area contributed by atoms with Crippen molar-refractivity contribution in [2.24, 2.45) is 0 Å². The second-order valence-corrected chi connectivity index (χ2v) is 7.29. The molecule has 1 N–H and O–H groups in total. The normalized spacial score (nSPS) is 14.0. The van der Waals surface area contributed by atoms with Gasteiger partial charge in [0.25, 0.3) is 11.8 Å². The summed E-state index contributed by atoms with van der Waals surface area (Å²) in [6.45, 7) is 0.129. The van der Waals surface area contributed by atoms with Gasteiger partial charge in [0.2, 0.25) is 5.75 Å². The zero-order valence-corrected chi connectivity index (χ0v) is 18.6. The van der Waals surface area contributed by atoms with Crippen molar-refractivity contribution in [2.75, 3.05) is 19.2 Å². The summed E-state index contributed by atoms with van der Waals surface area (Å²) in [4.78, 5) is 25.4. The fourth-order valence-corrected chi connectivity index (χ4v) is 3.51. The number of nitrogens with zero attached hydrogens (tertiary/aromatic N) is 2. The minimum absolute atomic E-state index is 0.0235. The van der Waals surface area contributed by atoms with Gasteiger partial charge in [-0.25, -0.2) is 5.01 Å². The van der Waals surface area contributed by atoms with Gasteiger partial charge in [-0.05, 0) is 42.0 Å². The molecule has 0 saturated carbocycles. The number of nitriles is 1. The Morgan fingerprint density at radius 2 is 1.62 bits per heavy atom. The molecule has 3 aromatic carbocycles. The maximum atomic E-state index is 12.9. The van der Waals surface area contributed by atoms with Crippen LogP contribution in [0.15, 0.2) is 72.3 Å². The Hall–Kier alpha value is -4.77. The third kappa shape index (κ3) is 4.40. The monoisotopic (exact) mass is 455 g/mol. The lowest BCUT2D eigenvalue weighted by Crippen LogP contribution is -2.35. The lowest BCUT2D eigenvalue weighted by atomic mass is 10.1. The molecule has 3 aromatic rings. The van der Waals surface area contributed by atoms with Gasteiger partial charge in [-0.15, -0.1) is 0 Å². The van der Waals surface area contributed by atoms with Gasteiger partial charge in [-0.1, -0.05) is 36.4 Å². The molecule has 0 spiro atoms. The lowest BCUT2D eigenvalue weighted by Gasteiger charge is -2.16. The molecule has 1 heterocycles. The van der Waals surface area contributed by atoms with Crippen LogP contribution < -0.4 is 24.6 Å². The van der Waals surface area contributed by atoms with E-state index in [0.29, 0.717) is 34.1 Å². The molecule has 4 rings (SSSR count). The van der Waals surface area contributed by atoms with E-state index >= 15 is 0 Å². The van der Waals surface area contributed by atoms with Crippen molar-refractivity contribution in [3.63, 3.8) is 0 Å². The van der Waals surface area contributed by atoms with E-state index in [2.05, 4.69) is 11.5 Å². The van der Waals surface area contributed by atoms with Gasteiger partial charge in [-0.2, -0.15) is 5.26 Å². The number of amides is 2. The molecule has 34 heavy (non-hydrogen) atoms. The molecule has 170 valence electrons. The summed E-state index contributed by atoms with van der Waals surface area (Å²) in [7, 11) is 2.96. The van der Waals surface area contributed by atoms with Gasteiger partial charge < -0.3 is 14.2 Å². The molecule has 1 saturated heterocycles. The highest BCUT2D eigenvalue weighted by Gasteiger charge is 2.34. The fraction of sp³-hybridized carbons (Fsp3) is 0.115. The molecule has 1 aliphatic rings. The number of methoxy groups -OCH3 is 2. The Labute approximate surface area is 196 Å². The Kier molecular flexibility index (Phi) is 6.46. The first kappa shape index (κ1) is 22.4. The molecular weight excluding hydrogens is 434 g/mol. The van der Waals surface area contributed by atoms with Gasteiger partial charge in [0, 0.05) is 5.56 Å². The van der Waals surface area contributed by atoms with Crippen molar-refractivity contribution < 1.29 is 23.8 Å². The van der Waals surface area contributed by atoms with Gasteiger partial charge in [0.05, 0.1) is 31.5 Å². The zero-order chi connectivity index (χ0) is 24.1. The molecule has 0 bridgehead atoms. The molecule has 0 radical (unpaired) electrons. The van der Waals surface area contributed by atoms with Gasteiger partial charge in [-0.3, -0.25) is 15.0 Å². The van der Waals surface area contributed by atoms with E-state index in [4.69, 9.17) is 14.2 Å². The van der Waals surface area contributed by atoms with Crippen LogP contribution in [-0.2, 0) is 16.2 Å². The fourth-order valence-electron chi connectivity index (χ4n) is 3.51. The molecule has 0 aliphatic carbocycles. The summed E-state index contributed by atoms with van der Waals surface area (Å²) in [5.41, 5.74) is 4.85. The highest BCUT2D eigenvalue weighted by atomic mass is 16.5. The minimum atomic E-state index is -0.514. The molecule has 0 atom stereocenters. The number of hydrazine groups is 1. The summed E-state index contributed by atoms with van der Waals surface area (Å²) in [5, 5.41) is 10.5. The number of anilines is 1. The van der Waals surface area contributed by atoms with Crippen LogP contribution in [0, 0.1) is 11.3 Å². The van der Waals surface area contributed by atoms with E-state index in [1.54, 1.807) is 54.6 Å². The van der Waals surface area contributed by atoms with Crippen molar-refractivity contribution in [3.05, 3.63) is 89.0 Å². The Balaban J connectivity index is 1.64. The van der Waals surface area contributed by atoms with Gasteiger partial charge in [0.1, 0.15) is 12.2 Å². The SMILES string of the molecule is COc1cc(/C=C2/C(=O)NN(c3ccccc3)C2=O)cc(OC)c1OCc1ccccc1C#N. The summed E-state index contributed by atoms with van der Waals surface area (Å²) < 4.78 is 16.9. The number of carbonyl (C=O) groups is 2. The van der Waals surface area contributed by atoms with E-state index in [9.17, 15) is 14.9 Å². The zero-order valence-electron chi connectivity index (χ0n) is 18.6. The van der Waals surface area contributed by atoms with Gasteiger partial charge in [0.15, 0.2) is 11.5 Å². The third-order valence-electron chi connectivity index (χ3n) is 5.21. The first-order chi connectivity index (χ1) is 16.5. The van der Waals surface area contributed by atoms with Crippen LogP contribution in [0.4, 0.5) is 5.69 Å². The number of carbonyl (C=O) groups excluding carboxylic acids is 2. The van der Waals surface area contributed by atoms with E-state index in [-0.39, 0.29) is 12.2 Å². The Bertz CT molecular complexity index is 1290. The van der Waals surface area contributed by atoms with E-state index in [1.165, 1.54) is 25.3 Å². The molecule has 0 aromatic heterocycles.